The van der Waals surface area contributed by atoms with E-state index in [1.165, 1.54) is 0 Å². The fourth-order valence-electron chi connectivity index (χ4n) is 3.19. The van der Waals surface area contributed by atoms with Gasteiger partial charge >= 0.3 is 0 Å². The second kappa shape index (κ2) is 6.38. The lowest BCUT2D eigenvalue weighted by Crippen LogP contribution is -2.42. The number of rotatable bonds is 5. The number of carbonyl (C=O) groups is 1. The lowest BCUT2D eigenvalue weighted by Gasteiger charge is -2.37. The van der Waals surface area contributed by atoms with Crippen molar-refractivity contribution in [3.8, 4) is 0 Å². The molecule has 0 bridgehead atoms. The van der Waals surface area contributed by atoms with Gasteiger partial charge in [0.1, 0.15) is 5.69 Å². The zero-order valence-electron chi connectivity index (χ0n) is 13.1. The highest BCUT2D eigenvalue weighted by atomic mass is 16.3. The van der Waals surface area contributed by atoms with Gasteiger partial charge in [-0.25, -0.2) is 4.98 Å². The van der Waals surface area contributed by atoms with E-state index < -0.39 is 5.41 Å². The molecule has 1 heterocycles. The fraction of sp³-hybridized carbons (Fsp3) is 0.333. The summed E-state index contributed by atoms with van der Waals surface area (Å²) in [4.78, 5) is 16.6. The quantitative estimate of drug-likeness (QED) is 0.832. The summed E-state index contributed by atoms with van der Waals surface area (Å²) in [6.45, 7) is 0.0191. The van der Waals surface area contributed by atoms with Gasteiger partial charge in [0.2, 0.25) is 0 Å². The molecule has 0 unspecified atom stereocenters. The maximum atomic E-state index is 12.7. The first kappa shape index (κ1) is 15.5. The summed E-state index contributed by atoms with van der Waals surface area (Å²) in [5.41, 5.74) is 1.11. The van der Waals surface area contributed by atoms with Gasteiger partial charge in [-0.2, -0.15) is 0 Å². The van der Waals surface area contributed by atoms with E-state index in [0.717, 1.165) is 18.4 Å². The van der Waals surface area contributed by atoms with E-state index in [2.05, 4.69) is 22.5 Å². The lowest BCUT2D eigenvalue weighted by molar-refractivity contribution is 0.0720. The second-order valence-electron chi connectivity index (χ2n) is 6.11. The van der Waals surface area contributed by atoms with Crippen LogP contribution < -0.4 is 5.32 Å². The topological polar surface area (TPSA) is 67.2 Å². The van der Waals surface area contributed by atoms with E-state index >= 15 is 0 Å². The monoisotopic (exact) mass is 311 g/mol. The summed E-state index contributed by atoms with van der Waals surface area (Å²) < 4.78 is 1.69. The number of aromatic nitrogens is 2. The smallest absolute Gasteiger partial charge is 0.270 e. The van der Waals surface area contributed by atoms with Gasteiger partial charge in [0.15, 0.2) is 0 Å². The summed E-state index contributed by atoms with van der Waals surface area (Å²) in [7, 11) is 1.79. The van der Waals surface area contributed by atoms with Crippen LogP contribution in [0.2, 0.25) is 0 Å². The van der Waals surface area contributed by atoms with Crippen molar-refractivity contribution in [2.75, 3.05) is 6.61 Å². The van der Waals surface area contributed by atoms with Crippen LogP contribution in [0.4, 0.5) is 0 Å². The van der Waals surface area contributed by atoms with Crippen LogP contribution in [0.1, 0.15) is 34.9 Å². The zero-order valence-corrected chi connectivity index (χ0v) is 13.1. The third-order valence-electron chi connectivity index (χ3n) is 4.60. The van der Waals surface area contributed by atoms with Crippen molar-refractivity contribution in [2.24, 2.45) is 12.5 Å². The first-order valence-electron chi connectivity index (χ1n) is 7.74. The van der Waals surface area contributed by atoms with Crippen LogP contribution in [0.5, 0.6) is 0 Å². The molecule has 2 N–H and O–H groups in total. The minimum Gasteiger partial charge on any atom is -0.396 e. The van der Waals surface area contributed by atoms with Gasteiger partial charge in [0.25, 0.3) is 5.91 Å². The predicted molar refractivity (Wildman–Crippen MR) is 87.8 cm³/mol. The van der Waals surface area contributed by atoms with Crippen molar-refractivity contribution in [1.82, 2.24) is 14.9 Å². The molecule has 1 aromatic heterocycles. The van der Waals surface area contributed by atoms with Gasteiger partial charge in [0.05, 0.1) is 25.2 Å². The van der Waals surface area contributed by atoms with E-state index in [1.54, 1.807) is 24.1 Å². The maximum Gasteiger partial charge on any atom is 0.270 e. The average Bonchev–Trinajstić information content (AvgIpc) is 3.23. The number of carbonyl (C=O) groups excluding carboxylic acids is 1. The molecule has 1 aliphatic carbocycles. The number of aliphatic hydroxyl groups is 1. The molecule has 0 radical (unpaired) electrons. The predicted octanol–water partition coefficient (Wildman–Crippen LogP) is 2.22. The normalized spacial score (nSPS) is 17.1. The number of nitrogens with one attached hydrogen (secondary N) is 1. The highest BCUT2D eigenvalue weighted by Crippen LogP contribution is 2.44. The molecule has 23 heavy (non-hydrogen) atoms. The Labute approximate surface area is 135 Å². The standard InChI is InChI=1S/C18H21N3O2/c1-21-13-19-11-15(21)17(23)20-16(14-7-3-2-4-8-14)18(12-22)9-5-6-10-18/h2-8,11,13,16,22H,9-10,12H2,1H3,(H,20,23)/t16-/m1/s1. The third kappa shape index (κ3) is 2.92. The van der Waals surface area contributed by atoms with Crippen molar-refractivity contribution in [3.05, 3.63) is 66.3 Å². The molecule has 1 aliphatic rings. The Morgan fingerprint density at radius 2 is 2.04 bits per heavy atom. The minimum absolute atomic E-state index is 0.0191. The number of hydrogen-bond acceptors (Lipinski definition) is 3. The summed E-state index contributed by atoms with van der Waals surface area (Å²) in [5.74, 6) is -0.182. The first-order valence-corrected chi connectivity index (χ1v) is 7.74. The van der Waals surface area contributed by atoms with Crippen molar-refractivity contribution in [3.63, 3.8) is 0 Å². The van der Waals surface area contributed by atoms with Gasteiger partial charge in [-0.1, -0.05) is 42.5 Å². The molecule has 1 amide bonds. The van der Waals surface area contributed by atoms with Gasteiger partial charge in [-0.05, 0) is 18.4 Å². The highest BCUT2D eigenvalue weighted by Gasteiger charge is 2.40. The molecule has 5 nitrogen and oxygen atoms in total. The molecule has 1 atom stereocenters. The molecule has 3 rings (SSSR count). The van der Waals surface area contributed by atoms with Crippen LogP contribution in [0.25, 0.3) is 0 Å². The van der Waals surface area contributed by atoms with Crippen molar-refractivity contribution in [2.45, 2.75) is 18.9 Å². The van der Waals surface area contributed by atoms with Crippen LogP contribution in [-0.4, -0.2) is 27.2 Å². The number of imidazole rings is 1. The van der Waals surface area contributed by atoms with Crippen molar-refractivity contribution < 1.29 is 9.90 Å². The summed E-state index contributed by atoms with van der Waals surface area (Å²) in [5, 5.41) is 13.1. The third-order valence-corrected chi connectivity index (χ3v) is 4.60. The van der Waals surface area contributed by atoms with E-state index in [4.69, 9.17) is 0 Å². The highest BCUT2D eigenvalue weighted by molar-refractivity contribution is 5.92. The molecule has 1 aromatic carbocycles. The number of benzene rings is 1. The number of hydrogen-bond donors (Lipinski definition) is 2. The van der Waals surface area contributed by atoms with Gasteiger partial charge in [0, 0.05) is 12.5 Å². The molecule has 2 aromatic rings. The van der Waals surface area contributed by atoms with Crippen LogP contribution in [0, 0.1) is 5.41 Å². The SMILES string of the molecule is Cn1cncc1C(=O)N[C@H](c1ccccc1)C1(CO)CC=CC1. The average molecular weight is 311 g/mol. The molecule has 0 fully saturated rings. The Hall–Kier alpha value is -2.40. The Balaban J connectivity index is 1.93. The van der Waals surface area contributed by atoms with Crippen molar-refractivity contribution >= 4 is 5.91 Å². The Bertz CT molecular complexity index is 698. The van der Waals surface area contributed by atoms with E-state index in [-0.39, 0.29) is 18.6 Å². The molecule has 0 saturated carbocycles. The van der Waals surface area contributed by atoms with Crippen LogP contribution in [-0.2, 0) is 7.05 Å². The number of amides is 1. The molecule has 5 heteroatoms. The molecular weight excluding hydrogens is 290 g/mol. The van der Waals surface area contributed by atoms with Gasteiger partial charge < -0.3 is 15.0 Å². The number of nitrogens with zero attached hydrogens (tertiary/aromatic N) is 2. The van der Waals surface area contributed by atoms with E-state index in [0.29, 0.717) is 5.69 Å². The lowest BCUT2D eigenvalue weighted by atomic mass is 9.75. The number of aliphatic hydroxyl groups excluding tert-OH is 1. The Morgan fingerprint density at radius 1 is 1.35 bits per heavy atom. The van der Waals surface area contributed by atoms with Crippen LogP contribution in [0.3, 0.4) is 0 Å². The molecule has 0 aliphatic heterocycles. The molecule has 0 saturated heterocycles. The zero-order chi connectivity index (χ0) is 16.3. The minimum atomic E-state index is -0.393. The fourth-order valence-corrected chi connectivity index (χ4v) is 3.19. The van der Waals surface area contributed by atoms with Crippen molar-refractivity contribution in [1.29, 1.82) is 0 Å². The number of aryl methyl sites for hydroxylation is 1. The van der Waals surface area contributed by atoms with E-state index in [9.17, 15) is 9.90 Å². The van der Waals surface area contributed by atoms with Gasteiger partial charge in [-0.3, -0.25) is 4.79 Å². The Kier molecular flexibility index (Phi) is 4.30. The molecular formula is C18H21N3O2. The van der Waals surface area contributed by atoms with E-state index in [1.807, 2.05) is 30.3 Å². The molecule has 120 valence electrons. The summed E-state index contributed by atoms with van der Waals surface area (Å²) in [6.07, 6.45) is 8.79. The largest absolute Gasteiger partial charge is 0.396 e. The Morgan fingerprint density at radius 3 is 2.61 bits per heavy atom. The summed E-state index contributed by atoms with van der Waals surface area (Å²) >= 11 is 0. The summed E-state index contributed by atoms with van der Waals surface area (Å²) in [6, 6.07) is 9.57. The maximum absolute atomic E-state index is 12.7. The first-order chi connectivity index (χ1) is 11.2. The van der Waals surface area contributed by atoms with Crippen LogP contribution in [0.15, 0.2) is 55.0 Å². The van der Waals surface area contributed by atoms with Gasteiger partial charge in [-0.15, -0.1) is 0 Å². The number of allylic oxidation sites excluding steroid dienone is 2. The second-order valence-corrected chi connectivity index (χ2v) is 6.11. The van der Waals surface area contributed by atoms with Crippen LogP contribution >= 0.6 is 0 Å². The molecule has 0 spiro atoms.